The molecule has 5 nitrogen and oxygen atoms in total. The van der Waals surface area contributed by atoms with Crippen molar-refractivity contribution in [2.75, 3.05) is 5.32 Å². The minimum atomic E-state index is -4.47. The fourth-order valence-corrected chi connectivity index (χ4v) is 3.63. The van der Waals surface area contributed by atoms with Crippen molar-refractivity contribution in [2.45, 2.75) is 19.5 Å². The highest BCUT2D eigenvalue weighted by atomic mass is 32.1. The van der Waals surface area contributed by atoms with Gasteiger partial charge < -0.3 is 5.32 Å². The van der Waals surface area contributed by atoms with Gasteiger partial charge in [-0.1, -0.05) is 35.6 Å². The van der Waals surface area contributed by atoms with Crippen molar-refractivity contribution in [1.82, 2.24) is 19.9 Å². The zero-order valence-corrected chi connectivity index (χ0v) is 15.5. The second-order valence-corrected chi connectivity index (χ2v) is 7.20. The zero-order chi connectivity index (χ0) is 19.7. The van der Waals surface area contributed by atoms with Crippen LogP contribution in [0.4, 0.5) is 24.7 Å². The quantitative estimate of drug-likeness (QED) is 0.513. The van der Waals surface area contributed by atoms with Crippen LogP contribution in [-0.2, 0) is 12.6 Å². The van der Waals surface area contributed by atoms with Gasteiger partial charge in [-0.3, -0.25) is 0 Å². The van der Waals surface area contributed by atoms with Gasteiger partial charge in [0.15, 0.2) is 5.82 Å². The van der Waals surface area contributed by atoms with Crippen LogP contribution in [0.15, 0.2) is 48.9 Å². The third-order valence-electron chi connectivity index (χ3n) is 4.16. The van der Waals surface area contributed by atoms with Gasteiger partial charge in [-0.25, -0.2) is 19.9 Å². The first-order valence-corrected chi connectivity index (χ1v) is 9.17. The van der Waals surface area contributed by atoms with Crippen LogP contribution in [0.1, 0.15) is 21.8 Å². The van der Waals surface area contributed by atoms with Gasteiger partial charge >= 0.3 is 6.18 Å². The lowest BCUT2D eigenvalue weighted by Gasteiger charge is -2.08. The number of nitrogens with zero attached hydrogens (tertiary/aromatic N) is 4. The Kier molecular flexibility index (Phi) is 4.68. The number of thiazole rings is 1. The van der Waals surface area contributed by atoms with Crippen LogP contribution in [0, 0.1) is 6.92 Å². The van der Waals surface area contributed by atoms with Crippen molar-refractivity contribution < 1.29 is 13.2 Å². The summed E-state index contributed by atoms with van der Waals surface area (Å²) in [5.74, 6) is 0.429. The highest BCUT2D eigenvalue weighted by Gasteiger charge is 2.32. The molecule has 142 valence electrons. The van der Waals surface area contributed by atoms with E-state index in [9.17, 15) is 13.2 Å². The third kappa shape index (κ3) is 3.79. The highest BCUT2D eigenvalue weighted by molar-refractivity contribution is 7.18. The van der Waals surface area contributed by atoms with Gasteiger partial charge in [-0.05, 0) is 30.2 Å². The van der Waals surface area contributed by atoms with Crippen molar-refractivity contribution in [3.8, 4) is 0 Å². The van der Waals surface area contributed by atoms with Crippen LogP contribution in [0.5, 0.6) is 0 Å². The number of alkyl halides is 3. The largest absolute Gasteiger partial charge is 0.433 e. The van der Waals surface area contributed by atoms with E-state index < -0.39 is 11.9 Å². The molecule has 0 amide bonds. The Morgan fingerprint density at radius 3 is 2.57 bits per heavy atom. The van der Waals surface area contributed by atoms with Crippen LogP contribution in [0.25, 0.3) is 10.3 Å². The lowest BCUT2D eigenvalue weighted by molar-refractivity contribution is -0.141. The summed E-state index contributed by atoms with van der Waals surface area (Å²) in [7, 11) is 0. The number of hydrogen-bond acceptors (Lipinski definition) is 6. The van der Waals surface area contributed by atoms with Gasteiger partial charge in [0.2, 0.25) is 0 Å². The van der Waals surface area contributed by atoms with Crippen LogP contribution >= 0.6 is 11.3 Å². The number of aryl methyl sites for hydroxylation is 1. The van der Waals surface area contributed by atoms with Crippen LogP contribution in [-0.4, -0.2) is 19.9 Å². The van der Waals surface area contributed by atoms with E-state index in [1.54, 1.807) is 0 Å². The van der Waals surface area contributed by atoms with E-state index in [1.807, 2.05) is 25.1 Å². The van der Waals surface area contributed by atoms with Crippen molar-refractivity contribution in [3.63, 3.8) is 0 Å². The minimum Gasteiger partial charge on any atom is -0.337 e. The van der Waals surface area contributed by atoms with Crippen LogP contribution < -0.4 is 5.32 Å². The van der Waals surface area contributed by atoms with E-state index in [0.717, 1.165) is 17.3 Å². The number of benzene rings is 1. The molecule has 0 fully saturated rings. The van der Waals surface area contributed by atoms with E-state index >= 15 is 0 Å². The molecule has 1 N–H and O–H groups in total. The smallest absolute Gasteiger partial charge is 0.337 e. The molecule has 28 heavy (non-hydrogen) atoms. The van der Waals surface area contributed by atoms with E-state index in [1.165, 1.54) is 34.9 Å². The summed E-state index contributed by atoms with van der Waals surface area (Å²) in [6, 6.07) is 10.3. The number of halogens is 3. The number of rotatable bonds is 4. The summed E-state index contributed by atoms with van der Waals surface area (Å²) in [6.45, 7) is 2.05. The number of anilines is 2. The molecule has 3 heterocycles. The van der Waals surface area contributed by atoms with E-state index in [0.29, 0.717) is 28.3 Å². The van der Waals surface area contributed by atoms with Gasteiger partial charge in [0, 0.05) is 6.42 Å². The monoisotopic (exact) mass is 401 g/mol. The summed E-state index contributed by atoms with van der Waals surface area (Å²) in [6.07, 6.45) is -1.27. The van der Waals surface area contributed by atoms with E-state index in [4.69, 9.17) is 0 Å². The highest BCUT2D eigenvalue weighted by Crippen LogP contribution is 2.30. The summed E-state index contributed by atoms with van der Waals surface area (Å²) in [5.41, 5.74) is 2.38. The molecule has 0 bridgehead atoms. The second kappa shape index (κ2) is 7.16. The van der Waals surface area contributed by atoms with Crippen molar-refractivity contribution in [3.05, 3.63) is 70.8 Å². The lowest BCUT2D eigenvalue weighted by atomic mass is 10.1. The number of aromatic nitrogens is 4. The maximum atomic E-state index is 12.7. The minimum absolute atomic E-state index is 0.390. The zero-order valence-electron chi connectivity index (χ0n) is 14.7. The molecule has 0 saturated heterocycles. The molecule has 0 spiro atoms. The molecule has 0 aliphatic rings. The molecule has 0 aliphatic carbocycles. The molecule has 0 aliphatic heterocycles. The van der Waals surface area contributed by atoms with Gasteiger partial charge in [-0.2, -0.15) is 13.2 Å². The Hall–Kier alpha value is -3.07. The summed E-state index contributed by atoms with van der Waals surface area (Å²) in [4.78, 5) is 17.2. The van der Waals surface area contributed by atoms with Crippen molar-refractivity contribution in [1.29, 1.82) is 0 Å². The maximum Gasteiger partial charge on any atom is 0.433 e. The number of pyridine rings is 1. The Labute approximate surface area is 162 Å². The maximum absolute atomic E-state index is 12.7. The molecule has 1 aromatic carbocycles. The molecular formula is C19H14F3N5S. The average molecular weight is 401 g/mol. The Balaban J connectivity index is 1.61. The second-order valence-electron chi connectivity index (χ2n) is 6.14. The average Bonchev–Trinajstić information content (AvgIpc) is 3.07. The summed E-state index contributed by atoms with van der Waals surface area (Å²) >= 11 is 1.46. The lowest BCUT2D eigenvalue weighted by Crippen LogP contribution is -2.07. The fourth-order valence-electron chi connectivity index (χ4n) is 2.71. The Morgan fingerprint density at radius 2 is 1.86 bits per heavy atom. The third-order valence-corrected chi connectivity index (χ3v) is 5.12. The Morgan fingerprint density at radius 1 is 1.04 bits per heavy atom. The fraction of sp³-hybridized carbons (Fsp3) is 0.158. The van der Waals surface area contributed by atoms with Gasteiger partial charge in [0.1, 0.15) is 22.4 Å². The normalized spacial score (nSPS) is 11.7. The molecule has 0 saturated carbocycles. The van der Waals surface area contributed by atoms with Crippen molar-refractivity contribution >= 4 is 33.2 Å². The molecule has 0 atom stereocenters. The summed E-state index contributed by atoms with van der Waals surface area (Å²) < 4.78 is 38.0. The van der Waals surface area contributed by atoms with Gasteiger partial charge in [-0.15, -0.1) is 0 Å². The van der Waals surface area contributed by atoms with Crippen molar-refractivity contribution in [2.24, 2.45) is 0 Å². The topological polar surface area (TPSA) is 63.6 Å². The number of hydrogen-bond donors (Lipinski definition) is 1. The van der Waals surface area contributed by atoms with Gasteiger partial charge in [0.25, 0.3) is 0 Å². The number of nitrogens with one attached hydrogen (secondary N) is 1. The molecule has 3 aromatic heterocycles. The van der Waals surface area contributed by atoms with Crippen LogP contribution in [0.3, 0.4) is 0 Å². The van der Waals surface area contributed by atoms with Gasteiger partial charge in [0.05, 0.1) is 16.9 Å². The molecule has 9 heteroatoms. The van der Waals surface area contributed by atoms with Crippen LogP contribution in [0.2, 0.25) is 0 Å². The summed E-state index contributed by atoms with van der Waals surface area (Å²) in [5, 5.41) is 3.86. The number of fused-ring (bicyclic) bond motifs is 1. The van der Waals surface area contributed by atoms with E-state index in [-0.39, 0.29) is 0 Å². The molecular weight excluding hydrogens is 387 g/mol. The first-order chi connectivity index (χ1) is 13.4. The SMILES string of the molecule is Cc1ccccc1Cc1nc2c(Nc3ccc(C(F)(F)F)nc3)ncnc2s1. The molecule has 4 rings (SSSR count). The predicted molar refractivity (Wildman–Crippen MR) is 102 cm³/mol. The predicted octanol–water partition coefficient (Wildman–Crippen LogP) is 5.14. The Bertz CT molecular complexity index is 1120. The first kappa shape index (κ1) is 18.3. The van der Waals surface area contributed by atoms with E-state index in [2.05, 4.69) is 31.3 Å². The first-order valence-electron chi connectivity index (χ1n) is 8.35. The molecule has 0 radical (unpaired) electrons. The standard InChI is InChI=1S/C19H14F3N5S/c1-11-4-2-3-5-12(11)8-15-27-16-17(24-10-25-18(16)28-15)26-13-6-7-14(23-9-13)19(20,21)22/h2-7,9-10H,8H2,1H3,(H,24,25,26). The molecule has 0 unspecified atom stereocenters. The molecule has 4 aromatic rings.